The maximum absolute atomic E-state index is 13.9. The van der Waals surface area contributed by atoms with Crippen molar-refractivity contribution in [2.24, 2.45) is 17.8 Å². The minimum Gasteiger partial charge on any atom is -0.477 e. The molecule has 1 aromatic rings. The number of nitrogens with zero attached hydrogens (tertiary/aromatic N) is 1. The maximum Gasteiger partial charge on any atom is 0.348 e. The van der Waals surface area contributed by atoms with Crippen molar-refractivity contribution < 1.29 is 19.8 Å². The van der Waals surface area contributed by atoms with Crippen molar-refractivity contribution in [2.75, 3.05) is 4.90 Å². The van der Waals surface area contributed by atoms with Crippen LogP contribution >= 0.6 is 11.3 Å². The second-order valence-corrected chi connectivity index (χ2v) is 11.4. The molecule has 0 saturated heterocycles. The number of carbonyl (C=O) groups excluding carboxylic acids is 1. The average molecular weight is 460 g/mol. The van der Waals surface area contributed by atoms with Crippen LogP contribution in [-0.2, 0) is 4.79 Å². The molecule has 32 heavy (non-hydrogen) atoms. The van der Waals surface area contributed by atoms with Crippen LogP contribution in [0.1, 0.15) is 99.0 Å². The van der Waals surface area contributed by atoms with Crippen molar-refractivity contribution in [1.29, 1.82) is 0 Å². The summed E-state index contributed by atoms with van der Waals surface area (Å²) in [6.45, 7) is 4.49. The lowest BCUT2D eigenvalue weighted by molar-refractivity contribution is -0.124. The summed E-state index contributed by atoms with van der Waals surface area (Å²) in [5.74, 6) is 0.357. The molecule has 5 nitrogen and oxygen atoms in total. The number of aliphatic hydroxyl groups is 1. The first-order valence-electron chi connectivity index (χ1n) is 12.4. The van der Waals surface area contributed by atoms with Gasteiger partial charge in [-0.05, 0) is 94.1 Å². The third-order valence-corrected chi connectivity index (χ3v) is 8.92. The van der Waals surface area contributed by atoms with E-state index in [1.54, 1.807) is 0 Å². The highest BCUT2D eigenvalue weighted by Crippen LogP contribution is 2.42. The number of hydrogen-bond donors (Lipinski definition) is 2. The minimum atomic E-state index is -0.952. The molecule has 1 amide bonds. The van der Waals surface area contributed by atoms with Crippen LogP contribution < -0.4 is 4.90 Å². The Labute approximate surface area is 195 Å². The van der Waals surface area contributed by atoms with E-state index in [1.165, 1.54) is 23.3 Å². The number of carbonyl (C=O) groups is 2. The van der Waals surface area contributed by atoms with Crippen LogP contribution in [0.3, 0.4) is 0 Å². The molecule has 0 bridgehead atoms. The standard InChI is InChI=1S/C26H37NO4S/c1-16-6-8-18(9-7-16)25(29)27(20-10-12-21(28)13-11-20)22-15-23(32-24(22)26(30)31)19-5-3-4-17(2)14-19/h5,15-18,20-21,28H,3-4,6-14H2,1-2H3,(H,30,31). The molecule has 3 aliphatic carbocycles. The lowest BCUT2D eigenvalue weighted by Crippen LogP contribution is -2.47. The molecule has 0 aromatic carbocycles. The van der Waals surface area contributed by atoms with E-state index in [4.69, 9.17) is 0 Å². The van der Waals surface area contributed by atoms with Gasteiger partial charge in [-0.25, -0.2) is 4.79 Å². The smallest absolute Gasteiger partial charge is 0.348 e. The van der Waals surface area contributed by atoms with Gasteiger partial charge < -0.3 is 15.1 Å². The molecule has 0 aliphatic heterocycles. The largest absolute Gasteiger partial charge is 0.477 e. The second kappa shape index (κ2) is 10.1. The highest BCUT2D eigenvalue weighted by atomic mass is 32.1. The fourth-order valence-corrected chi connectivity index (χ4v) is 6.73. The predicted octanol–water partition coefficient (Wildman–Crippen LogP) is 6.11. The molecule has 1 atom stereocenters. The van der Waals surface area contributed by atoms with Gasteiger partial charge in [0.15, 0.2) is 0 Å². The molecule has 176 valence electrons. The lowest BCUT2D eigenvalue weighted by Gasteiger charge is -2.38. The molecule has 0 spiro atoms. The molecule has 3 aliphatic rings. The molecular weight excluding hydrogens is 422 g/mol. The molecular formula is C26H37NO4S. The zero-order chi connectivity index (χ0) is 22.8. The zero-order valence-corrected chi connectivity index (χ0v) is 20.2. The fourth-order valence-electron chi connectivity index (χ4n) is 5.69. The Hall–Kier alpha value is -1.66. The maximum atomic E-state index is 13.9. The normalized spacial score (nSPS) is 31.1. The number of carboxylic acid groups (broad SMARTS) is 1. The molecule has 1 unspecified atom stereocenters. The van der Waals surface area contributed by atoms with E-state index in [0.717, 1.165) is 56.2 Å². The van der Waals surface area contributed by atoms with Gasteiger partial charge in [-0.1, -0.05) is 19.9 Å². The second-order valence-electron chi connectivity index (χ2n) is 10.4. The van der Waals surface area contributed by atoms with Gasteiger partial charge in [0.2, 0.25) is 5.91 Å². The molecule has 1 heterocycles. The van der Waals surface area contributed by atoms with E-state index in [1.807, 2.05) is 11.0 Å². The third-order valence-electron chi connectivity index (χ3n) is 7.74. The van der Waals surface area contributed by atoms with E-state index in [0.29, 0.717) is 30.4 Å². The van der Waals surface area contributed by atoms with E-state index in [9.17, 15) is 19.8 Å². The number of hydrogen-bond acceptors (Lipinski definition) is 4. The summed E-state index contributed by atoms with van der Waals surface area (Å²) >= 11 is 1.32. The van der Waals surface area contributed by atoms with Crippen LogP contribution in [0.5, 0.6) is 0 Å². The highest BCUT2D eigenvalue weighted by molar-refractivity contribution is 7.15. The third kappa shape index (κ3) is 5.12. The van der Waals surface area contributed by atoms with Gasteiger partial charge in [0, 0.05) is 16.8 Å². The number of amides is 1. The van der Waals surface area contributed by atoms with E-state index in [-0.39, 0.29) is 28.8 Å². The number of rotatable bonds is 5. The summed E-state index contributed by atoms with van der Waals surface area (Å²) in [6, 6.07) is 1.94. The van der Waals surface area contributed by atoms with Crippen LogP contribution in [0, 0.1) is 17.8 Å². The summed E-state index contributed by atoms with van der Waals surface area (Å²) in [4.78, 5) is 29.3. The van der Waals surface area contributed by atoms with Gasteiger partial charge >= 0.3 is 5.97 Å². The Balaban J connectivity index is 1.70. The van der Waals surface area contributed by atoms with Crippen LogP contribution in [0.2, 0.25) is 0 Å². The number of aromatic carboxylic acids is 1. The van der Waals surface area contributed by atoms with Crippen molar-refractivity contribution in [3.8, 4) is 0 Å². The Morgan fingerprint density at radius 3 is 2.28 bits per heavy atom. The van der Waals surface area contributed by atoms with E-state index < -0.39 is 5.97 Å². The van der Waals surface area contributed by atoms with E-state index >= 15 is 0 Å². The first-order valence-corrected chi connectivity index (χ1v) is 13.2. The Kier molecular flexibility index (Phi) is 7.40. The first-order chi connectivity index (χ1) is 15.3. The van der Waals surface area contributed by atoms with Crippen LogP contribution in [0.25, 0.3) is 5.57 Å². The van der Waals surface area contributed by atoms with Gasteiger partial charge in [-0.15, -0.1) is 11.3 Å². The van der Waals surface area contributed by atoms with Crippen molar-refractivity contribution in [3.05, 3.63) is 21.9 Å². The van der Waals surface area contributed by atoms with Crippen molar-refractivity contribution in [1.82, 2.24) is 0 Å². The molecule has 2 saturated carbocycles. The topological polar surface area (TPSA) is 77.8 Å². The van der Waals surface area contributed by atoms with Crippen molar-refractivity contribution >= 4 is 34.5 Å². The summed E-state index contributed by atoms with van der Waals surface area (Å²) in [5.41, 5.74) is 1.81. The molecule has 0 radical (unpaired) electrons. The fraction of sp³-hybridized carbons (Fsp3) is 0.692. The average Bonchev–Trinajstić information content (AvgIpc) is 3.21. The molecule has 1 aromatic heterocycles. The Bertz CT molecular complexity index is 859. The summed E-state index contributed by atoms with van der Waals surface area (Å²) in [7, 11) is 0. The van der Waals surface area contributed by atoms with Gasteiger partial charge in [0.1, 0.15) is 4.88 Å². The number of carboxylic acids is 1. The SMILES string of the molecule is CC1CCC(C(=O)N(c2cc(C3=CCCC(C)C3)sc2C(=O)O)C2CCC(O)CC2)CC1. The number of thiophene rings is 1. The van der Waals surface area contributed by atoms with Gasteiger partial charge in [-0.3, -0.25) is 4.79 Å². The monoisotopic (exact) mass is 459 g/mol. The van der Waals surface area contributed by atoms with E-state index in [2.05, 4.69) is 19.9 Å². The van der Waals surface area contributed by atoms with Crippen LogP contribution in [-0.4, -0.2) is 34.2 Å². The predicted molar refractivity (Wildman–Crippen MR) is 129 cm³/mol. The molecule has 6 heteroatoms. The van der Waals surface area contributed by atoms with Crippen LogP contribution in [0.15, 0.2) is 12.1 Å². The first kappa shape index (κ1) is 23.5. The van der Waals surface area contributed by atoms with Crippen molar-refractivity contribution in [3.63, 3.8) is 0 Å². The summed E-state index contributed by atoms with van der Waals surface area (Å²) in [5, 5.41) is 20.1. The zero-order valence-electron chi connectivity index (χ0n) is 19.4. The van der Waals surface area contributed by atoms with Crippen LogP contribution in [0.4, 0.5) is 5.69 Å². The lowest BCUT2D eigenvalue weighted by atomic mass is 9.81. The number of aliphatic hydroxyl groups excluding tert-OH is 1. The molecule has 2 fully saturated rings. The Morgan fingerprint density at radius 1 is 0.969 bits per heavy atom. The minimum absolute atomic E-state index is 0.0306. The highest BCUT2D eigenvalue weighted by Gasteiger charge is 2.37. The quantitative estimate of drug-likeness (QED) is 0.557. The van der Waals surface area contributed by atoms with Gasteiger partial charge in [0.05, 0.1) is 11.8 Å². The molecule has 2 N–H and O–H groups in total. The number of anilines is 1. The van der Waals surface area contributed by atoms with Gasteiger partial charge in [0.25, 0.3) is 0 Å². The summed E-state index contributed by atoms with van der Waals surface area (Å²) in [6.07, 6.45) is 11.7. The van der Waals surface area contributed by atoms with Crippen molar-refractivity contribution in [2.45, 2.75) is 96.6 Å². The Morgan fingerprint density at radius 2 is 1.66 bits per heavy atom. The molecule has 4 rings (SSSR count). The summed E-state index contributed by atoms with van der Waals surface area (Å²) < 4.78 is 0. The number of allylic oxidation sites excluding steroid dienone is 2. The van der Waals surface area contributed by atoms with Gasteiger partial charge in [-0.2, -0.15) is 0 Å².